The number of furan rings is 1. The molecule has 7 aromatic carbocycles. The molecule has 1 aliphatic heterocycles. The van der Waals surface area contributed by atoms with Crippen molar-refractivity contribution in [2.75, 3.05) is 0 Å². The maximum Gasteiger partial charge on any atom is 0.143 e. The fourth-order valence-corrected chi connectivity index (χ4v) is 7.86. The Kier molecular flexibility index (Phi) is 7.22. The molecular weight excluding hydrogens is 639 g/mol. The van der Waals surface area contributed by atoms with E-state index in [4.69, 9.17) is 4.42 Å². The second-order valence-corrected chi connectivity index (χ2v) is 13.4. The lowest BCUT2D eigenvalue weighted by Crippen LogP contribution is -2.54. The molecule has 1 fully saturated rings. The van der Waals surface area contributed by atoms with E-state index in [1.54, 1.807) is 0 Å². The molecular formula is C46H33N5O. The zero-order valence-corrected chi connectivity index (χ0v) is 28.1. The van der Waals surface area contributed by atoms with Gasteiger partial charge in [-0.1, -0.05) is 121 Å². The Bertz CT molecular complexity index is 2810. The number of nitriles is 1. The van der Waals surface area contributed by atoms with Crippen LogP contribution in [-0.4, -0.2) is 4.57 Å². The van der Waals surface area contributed by atoms with E-state index in [0.717, 1.165) is 66.5 Å². The Morgan fingerprint density at radius 3 is 1.94 bits per heavy atom. The summed E-state index contributed by atoms with van der Waals surface area (Å²) in [7, 11) is 0. The van der Waals surface area contributed by atoms with Crippen LogP contribution in [0.2, 0.25) is 0 Å². The molecule has 0 amide bonds. The molecule has 3 atom stereocenters. The Morgan fingerprint density at radius 1 is 0.500 bits per heavy atom. The highest BCUT2D eigenvalue weighted by Crippen LogP contribution is 2.39. The average Bonchev–Trinajstić information content (AvgIpc) is 3.77. The fraction of sp³-hybridized carbons (Fsp3) is 0.0652. The maximum atomic E-state index is 9.59. The van der Waals surface area contributed by atoms with Gasteiger partial charge in [0, 0.05) is 32.8 Å². The zero-order chi connectivity index (χ0) is 34.6. The van der Waals surface area contributed by atoms with Gasteiger partial charge in [0.15, 0.2) is 0 Å². The molecule has 52 heavy (non-hydrogen) atoms. The highest BCUT2D eigenvalue weighted by Gasteiger charge is 2.30. The van der Waals surface area contributed by atoms with Crippen LogP contribution < -0.4 is 16.0 Å². The summed E-state index contributed by atoms with van der Waals surface area (Å²) in [6.07, 6.45) is -0.420. The Balaban J connectivity index is 1.05. The highest BCUT2D eigenvalue weighted by molar-refractivity contribution is 6.12. The number of nitrogens with one attached hydrogen (secondary N) is 3. The lowest BCUT2D eigenvalue weighted by atomic mass is 10.0. The molecule has 1 saturated heterocycles. The minimum Gasteiger partial charge on any atom is -0.455 e. The van der Waals surface area contributed by atoms with Crippen molar-refractivity contribution in [1.82, 2.24) is 20.5 Å². The van der Waals surface area contributed by atoms with Crippen LogP contribution in [0, 0.1) is 11.3 Å². The quantitative estimate of drug-likeness (QED) is 0.170. The number of rotatable bonds is 5. The lowest BCUT2D eigenvalue weighted by molar-refractivity contribution is 0.203. The molecule has 0 radical (unpaired) electrons. The number of hydrogen-bond donors (Lipinski definition) is 3. The molecule has 3 unspecified atom stereocenters. The van der Waals surface area contributed by atoms with Gasteiger partial charge >= 0.3 is 0 Å². The summed E-state index contributed by atoms with van der Waals surface area (Å²) in [6, 6.07) is 59.3. The van der Waals surface area contributed by atoms with Crippen molar-refractivity contribution >= 4 is 43.7 Å². The molecule has 10 rings (SSSR count). The van der Waals surface area contributed by atoms with E-state index >= 15 is 0 Å². The van der Waals surface area contributed by atoms with E-state index in [1.807, 2.05) is 36.4 Å². The summed E-state index contributed by atoms with van der Waals surface area (Å²) >= 11 is 0. The van der Waals surface area contributed by atoms with Gasteiger partial charge < -0.3 is 8.98 Å². The van der Waals surface area contributed by atoms with Crippen LogP contribution >= 0.6 is 0 Å². The Labute approximate surface area is 300 Å². The highest BCUT2D eigenvalue weighted by atomic mass is 16.3. The largest absolute Gasteiger partial charge is 0.455 e. The topological polar surface area (TPSA) is 78.0 Å². The summed E-state index contributed by atoms with van der Waals surface area (Å²) in [6.45, 7) is 0. The van der Waals surface area contributed by atoms with Gasteiger partial charge in [-0.3, -0.25) is 16.0 Å². The van der Waals surface area contributed by atoms with Gasteiger partial charge in [0.2, 0.25) is 0 Å². The summed E-state index contributed by atoms with van der Waals surface area (Å²) in [5.74, 6) is 0. The van der Waals surface area contributed by atoms with Gasteiger partial charge in [0.25, 0.3) is 0 Å². The maximum absolute atomic E-state index is 9.59. The lowest BCUT2D eigenvalue weighted by Gasteiger charge is -2.39. The molecule has 248 valence electrons. The third-order valence-electron chi connectivity index (χ3n) is 10.4. The number of hydrogen-bond acceptors (Lipinski definition) is 5. The summed E-state index contributed by atoms with van der Waals surface area (Å²) in [4.78, 5) is 0. The van der Waals surface area contributed by atoms with Crippen molar-refractivity contribution in [1.29, 1.82) is 5.26 Å². The second-order valence-electron chi connectivity index (χ2n) is 13.4. The molecule has 0 spiro atoms. The van der Waals surface area contributed by atoms with E-state index in [2.05, 4.69) is 154 Å². The summed E-state index contributed by atoms with van der Waals surface area (Å²) in [5, 5.41) is 25.5. The standard InChI is InChI=1S/C46H33N5O/c47-28-29-10-8-13-33(26-29)46-49-44(30-11-2-1-3-12-30)48-45(50-46)31-20-23-34(24-21-31)51-40-18-6-4-14-36(40)37-25-22-32(27-41(37)51)35-16-9-17-39-38-15-5-7-19-42(38)52-43(35)39/h1-27,44-46,48-50H. The Morgan fingerprint density at radius 2 is 1.13 bits per heavy atom. The first kappa shape index (κ1) is 30.3. The number of benzene rings is 7. The van der Waals surface area contributed by atoms with Crippen LogP contribution in [0.25, 0.3) is 60.6 Å². The van der Waals surface area contributed by atoms with E-state index in [-0.39, 0.29) is 18.5 Å². The molecule has 0 bridgehead atoms. The van der Waals surface area contributed by atoms with Crippen molar-refractivity contribution < 1.29 is 4.42 Å². The molecule has 0 saturated carbocycles. The Hall–Kier alpha value is -6.49. The van der Waals surface area contributed by atoms with Crippen molar-refractivity contribution in [3.8, 4) is 22.9 Å². The van der Waals surface area contributed by atoms with Crippen molar-refractivity contribution in [2.24, 2.45) is 0 Å². The first-order valence-corrected chi connectivity index (χ1v) is 17.6. The van der Waals surface area contributed by atoms with E-state index in [1.165, 1.54) is 10.8 Å². The molecule has 2 aromatic heterocycles. The minimum atomic E-state index is -0.170. The number of aromatic nitrogens is 1. The van der Waals surface area contributed by atoms with Crippen LogP contribution in [0.5, 0.6) is 0 Å². The number of fused-ring (bicyclic) bond motifs is 6. The smallest absolute Gasteiger partial charge is 0.143 e. The predicted molar refractivity (Wildman–Crippen MR) is 209 cm³/mol. The van der Waals surface area contributed by atoms with Gasteiger partial charge in [-0.2, -0.15) is 5.26 Å². The molecule has 3 N–H and O–H groups in total. The molecule has 6 nitrogen and oxygen atoms in total. The van der Waals surface area contributed by atoms with Crippen LogP contribution in [0.1, 0.15) is 40.8 Å². The van der Waals surface area contributed by atoms with Gasteiger partial charge in [0.05, 0.1) is 41.2 Å². The van der Waals surface area contributed by atoms with Crippen molar-refractivity contribution in [3.63, 3.8) is 0 Å². The number of para-hydroxylation sites is 3. The van der Waals surface area contributed by atoms with Crippen LogP contribution in [0.15, 0.2) is 168 Å². The van der Waals surface area contributed by atoms with Crippen molar-refractivity contribution in [3.05, 3.63) is 186 Å². The van der Waals surface area contributed by atoms with Crippen LogP contribution in [0.4, 0.5) is 0 Å². The normalized spacial score (nSPS) is 17.6. The SMILES string of the molecule is N#Cc1cccc(C2NC(c3ccccc3)NC(c3ccc(-n4c5ccccc5c5ccc(-c6cccc7c6oc6ccccc67)cc54)cc3)N2)c1. The van der Waals surface area contributed by atoms with Gasteiger partial charge in [-0.25, -0.2) is 0 Å². The summed E-state index contributed by atoms with van der Waals surface area (Å²) < 4.78 is 8.80. The molecule has 3 heterocycles. The molecule has 9 aromatic rings. The first-order valence-electron chi connectivity index (χ1n) is 17.6. The minimum absolute atomic E-state index is 0.102. The average molecular weight is 672 g/mol. The van der Waals surface area contributed by atoms with E-state index < -0.39 is 0 Å². The third kappa shape index (κ3) is 5.07. The molecule has 0 aliphatic carbocycles. The molecule has 6 heteroatoms. The van der Waals surface area contributed by atoms with Crippen LogP contribution in [0.3, 0.4) is 0 Å². The predicted octanol–water partition coefficient (Wildman–Crippen LogP) is 10.4. The zero-order valence-electron chi connectivity index (χ0n) is 28.1. The van der Waals surface area contributed by atoms with E-state index in [0.29, 0.717) is 5.56 Å². The fourth-order valence-electron chi connectivity index (χ4n) is 7.86. The van der Waals surface area contributed by atoms with E-state index in [9.17, 15) is 5.26 Å². The summed E-state index contributed by atoms with van der Waals surface area (Å²) in [5.41, 5.74) is 11.3. The third-order valence-corrected chi connectivity index (χ3v) is 10.4. The number of nitrogens with zero attached hydrogens (tertiary/aromatic N) is 2. The first-order chi connectivity index (χ1) is 25.7. The molecule has 1 aliphatic rings. The van der Waals surface area contributed by atoms with Gasteiger partial charge in [0.1, 0.15) is 11.2 Å². The van der Waals surface area contributed by atoms with Gasteiger partial charge in [-0.05, 0) is 64.7 Å². The monoisotopic (exact) mass is 671 g/mol. The van der Waals surface area contributed by atoms with Gasteiger partial charge in [-0.15, -0.1) is 0 Å². The van der Waals surface area contributed by atoms with Crippen molar-refractivity contribution in [2.45, 2.75) is 18.5 Å². The second kappa shape index (κ2) is 12.4. The van der Waals surface area contributed by atoms with Crippen LogP contribution in [-0.2, 0) is 0 Å².